The Morgan fingerprint density at radius 1 is 1.00 bits per heavy atom. The molecule has 8 heteroatoms. The van der Waals surface area contributed by atoms with E-state index >= 15 is 0 Å². The third kappa shape index (κ3) is 8.77. The van der Waals surface area contributed by atoms with Crippen molar-refractivity contribution in [3.63, 3.8) is 0 Å². The van der Waals surface area contributed by atoms with Crippen LogP contribution in [0.1, 0.15) is 54.7 Å². The van der Waals surface area contributed by atoms with E-state index in [1.165, 1.54) is 12.1 Å². The van der Waals surface area contributed by atoms with Gasteiger partial charge in [0.1, 0.15) is 12.2 Å². The van der Waals surface area contributed by atoms with Gasteiger partial charge in [-0.2, -0.15) is 0 Å². The van der Waals surface area contributed by atoms with Gasteiger partial charge < -0.3 is 25.2 Å². The number of aromatic carboxylic acids is 1. The van der Waals surface area contributed by atoms with Crippen LogP contribution in [-0.2, 0) is 16.1 Å². The van der Waals surface area contributed by atoms with Crippen LogP contribution in [0.2, 0.25) is 0 Å². The van der Waals surface area contributed by atoms with Gasteiger partial charge in [0.05, 0.1) is 11.6 Å². The zero-order chi connectivity index (χ0) is 22.9. The molecule has 8 nitrogen and oxygen atoms in total. The number of alkyl carbamates (subject to hydrolysis) is 2. The van der Waals surface area contributed by atoms with Crippen molar-refractivity contribution < 1.29 is 29.0 Å². The van der Waals surface area contributed by atoms with E-state index in [9.17, 15) is 19.5 Å². The van der Waals surface area contributed by atoms with Crippen LogP contribution in [0.5, 0.6) is 0 Å². The van der Waals surface area contributed by atoms with Gasteiger partial charge in [-0.15, -0.1) is 0 Å². The number of ether oxygens (including phenoxy) is 2. The number of hydrogen-bond donors (Lipinski definition) is 3. The molecular weight excluding hydrogens is 400 g/mol. The first kappa shape index (κ1) is 23.7. The van der Waals surface area contributed by atoms with Gasteiger partial charge in [0.25, 0.3) is 0 Å². The summed E-state index contributed by atoms with van der Waals surface area (Å²) < 4.78 is 10.5. The minimum Gasteiger partial charge on any atom is -0.478 e. The molecule has 31 heavy (non-hydrogen) atoms. The fourth-order valence-electron chi connectivity index (χ4n) is 2.75. The summed E-state index contributed by atoms with van der Waals surface area (Å²) in [6.07, 6.45) is -0.910. The quantitative estimate of drug-likeness (QED) is 0.579. The third-order valence-electron chi connectivity index (χ3n) is 4.14. The van der Waals surface area contributed by atoms with Gasteiger partial charge in [-0.3, -0.25) is 0 Å². The van der Waals surface area contributed by atoms with Gasteiger partial charge in [-0.05, 0) is 50.5 Å². The monoisotopic (exact) mass is 428 g/mol. The van der Waals surface area contributed by atoms with Crippen LogP contribution < -0.4 is 10.6 Å². The zero-order valence-electron chi connectivity index (χ0n) is 17.9. The maximum absolute atomic E-state index is 12.3. The van der Waals surface area contributed by atoms with Crippen molar-refractivity contribution in [2.75, 3.05) is 6.54 Å². The lowest BCUT2D eigenvalue weighted by atomic mass is 10.0. The minimum absolute atomic E-state index is 0.0991. The number of carbonyl (C=O) groups is 3. The Morgan fingerprint density at radius 3 is 2.35 bits per heavy atom. The SMILES string of the molecule is CC(C)(C)OC(=O)NCCC(NC(=O)OCc1ccccc1)c1cccc(C(=O)O)c1. The molecule has 166 valence electrons. The fraction of sp³-hybridized carbons (Fsp3) is 0.348. The molecule has 0 aliphatic heterocycles. The van der Waals surface area contributed by atoms with Gasteiger partial charge >= 0.3 is 18.2 Å². The topological polar surface area (TPSA) is 114 Å². The summed E-state index contributed by atoms with van der Waals surface area (Å²) in [5.41, 5.74) is 0.900. The molecule has 1 atom stereocenters. The van der Waals surface area contributed by atoms with E-state index < -0.39 is 29.8 Å². The van der Waals surface area contributed by atoms with Crippen LogP contribution in [0.25, 0.3) is 0 Å². The average Bonchev–Trinajstić information content (AvgIpc) is 2.71. The molecule has 1 unspecified atom stereocenters. The first-order valence-electron chi connectivity index (χ1n) is 9.91. The average molecular weight is 428 g/mol. The summed E-state index contributed by atoms with van der Waals surface area (Å²) >= 11 is 0. The molecule has 0 heterocycles. The summed E-state index contributed by atoms with van der Waals surface area (Å²) in [6, 6.07) is 14.9. The van der Waals surface area contributed by atoms with Gasteiger partial charge in [-0.25, -0.2) is 14.4 Å². The van der Waals surface area contributed by atoms with E-state index in [0.29, 0.717) is 12.0 Å². The molecule has 0 spiro atoms. The highest BCUT2D eigenvalue weighted by Gasteiger charge is 2.19. The van der Waals surface area contributed by atoms with Crippen molar-refractivity contribution in [3.8, 4) is 0 Å². The Bertz CT molecular complexity index is 892. The maximum atomic E-state index is 12.3. The molecule has 2 rings (SSSR count). The first-order chi connectivity index (χ1) is 14.6. The van der Waals surface area contributed by atoms with Gasteiger partial charge in [0, 0.05) is 6.54 Å². The van der Waals surface area contributed by atoms with Crippen molar-refractivity contribution >= 4 is 18.2 Å². The standard InChI is InChI=1S/C23H28N2O6/c1-23(2,3)31-21(28)24-13-12-19(17-10-7-11-18(14-17)20(26)27)25-22(29)30-15-16-8-5-4-6-9-16/h4-11,14,19H,12-13,15H2,1-3H3,(H,24,28)(H,25,29)(H,26,27). The third-order valence-corrected chi connectivity index (χ3v) is 4.14. The summed E-state index contributed by atoms with van der Waals surface area (Å²) in [7, 11) is 0. The predicted molar refractivity (Wildman–Crippen MR) is 115 cm³/mol. The lowest BCUT2D eigenvalue weighted by molar-refractivity contribution is 0.0525. The number of amides is 2. The van der Waals surface area contributed by atoms with E-state index in [-0.39, 0.29) is 18.7 Å². The lowest BCUT2D eigenvalue weighted by Gasteiger charge is -2.22. The summed E-state index contributed by atoms with van der Waals surface area (Å²) in [5, 5.41) is 14.6. The highest BCUT2D eigenvalue weighted by Crippen LogP contribution is 2.19. The number of nitrogens with one attached hydrogen (secondary N) is 2. The van der Waals surface area contributed by atoms with Gasteiger partial charge in [0.2, 0.25) is 0 Å². The van der Waals surface area contributed by atoms with Crippen molar-refractivity contribution in [1.29, 1.82) is 0 Å². The van der Waals surface area contributed by atoms with Crippen LogP contribution in [0, 0.1) is 0 Å². The predicted octanol–water partition coefficient (Wildman–Crippen LogP) is 4.27. The van der Waals surface area contributed by atoms with Crippen molar-refractivity contribution in [2.24, 2.45) is 0 Å². The molecule has 2 amide bonds. The molecule has 0 saturated heterocycles. The van der Waals surface area contributed by atoms with Gasteiger partial charge in [-0.1, -0.05) is 42.5 Å². The first-order valence-corrected chi connectivity index (χ1v) is 9.91. The van der Waals surface area contributed by atoms with E-state index in [4.69, 9.17) is 9.47 Å². The number of hydrogen-bond acceptors (Lipinski definition) is 5. The van der Waals surface area contributed by atoms with Crippen LogP contribution in [-0.4, -0.2) is 35.4 Å². The normalized spacial score (nSPS) is 11.8. The van der Waals surface area contributed by atoms with Gasteiger partial charge in [0.15, 0.2) is 0 Å². The maximum Gasteiger partial charge on any atom is 0.407 e. The van der Waals surface area contributed by atoms with Crippen LogP contribution >= 0.6 is 0 Å². The molecule has 0 radical (unpaired) electrons. The second kappa shape index (κ2) is 11.0. The summed E-state index contributed by atoms with van der Waals surface area (Å²) in [6.45, 7) is 5.59. The minimum atomic E-state index is -1.07. The number of benzene rings is 2. The molecule has 2 aromatic rings. The molecule has 0 bridgehead atoms. The number of carbonyl (C=O) groups excluding carboxylic acids is 2. The summed E-state index contributed by atoms with van der Waals surface area (Å²) in [5.74, 6) is -1.07. The van der Waals surface area contributed by atoms with E-state index in [1.54, 1.807) is 32.9 Å². The Kier molecular flexibility index (Phi) is 8.43. The number of carboxylic acids is 1. The Balaban J connectivity index is 2.03. The molecule has 2 aromatic carbocycles. The fourth-order valence-corrected chi connectivity index (χ4v) is 2.75. The Labute approximate surface area is 181 Å². The number of carboxylic acid groups (broad SMARTS) is 1. The lowest BCUT2D eigenvalue weighted by Crippen LogP contribution is -2.36. The number of rotatable bonds is 8. The molecule has 0 fully saturated rings. The summed E-state index contributed by atoms with van der Waals surface area (Å²) in [4.78, 5) is 35.5. The van der Waals surface area contributed by atoms with Crippen LogP contribution in [0.3, 0.4) is 0 Å². The molecule has 3 N–H and O–H groups in total. The highest BCUT2D eigenvalue weighted by molar-refractivity contribution is 5.87. The van der Waals surface area contributed by atoms with E-state index in [2.05, 4.69) is 10.6 Å². The molecular formula is C23H28N2O6. The molecule has 0 aromatic heterocycles. The zero-order valence-corrected chi connectivity index (χ0v) is 17.9. The second-order valence-electron chi connectivity index (χ2n) is 7.91. The molecule has 0 aliphatic carbocycles. The van der Waals surface area contributed by atoms with Crippen LogP contribution in [0.4, 0.5) is 9.59 Å². The Hall–Kier alpha value is -3.55. The molecule has 0 saturated carbocycles. The highest BCUT2D eigenvalue weighted by atomic mass is 16.6. The van der Waals surface area contributed by atoms with Crippen LogP contribution in [0.15, 0.2) is 54.6 Å². The van der Waals surface area contributed by atoms with Crippen molar-refractivity contribution in [2.45, 2.75) is 45.4 Å². The second-order valence-corrected chi connectivity index (χ2v) is 7.91. The molecule has 0 aliphatic rings. The van der Waals surface area contributed by atoms with E-state index in [1.807, 2.05) is 30.3 Å². The van der Waals surface area contributed by atoms with E-state index in [0.717, 1.165) is 5.56 Å². The smallest absolute Gasteiger partial charge is 0.407 e. The Morgan fingerprint density at radius 2 is 1.71 bits per heavy atom. The van der Waals surface area contributed by atoms with Crippen molar-refractivity contribution in [3.05, 3.63) is 71.3 Å². The van der Waals surface area contributed by atoms with Crippen molar-refractivity contribution in [1.82, 2.24) is 10.6 Å². The largest absolute Gasteiger partial charge is 0.478 e.